The Morgan fingerprint density at radius 2 is 1.68 bits per heavy atom. The predicted molar refractivity (Wildman–Crippen MR) is 141 cm³/mol. The number of nitrogens with one attached hydrogen (secondary N) is 1. The molecule has 186 valence electrons. The number of carbonyl (C=O) groups excluding carboxylic acids is 3. The van der Waals surface area contributed by atoms with E-state index in [0.29, 0.717) is 28.1 Å². The molecule has 0 unspecified atom stereocenters. The lowest BCUT2D eigenvalue weighted by Crippen LogP contribution is -2.38. The number of nitrogen functional groups attached to an aromatic ring is 1. The molecular weight excluding hydrogens is 468 g/mol. The summed E-state index contributed by atoms with van der Waals surface area (Å²) < 4.78 is 4.99. The first kappa shape index (κ1) is 25.2. The smallest absolute Gasteiger partial charge is 0.307 e. The number of hydrogen-bond donors (Lipinski definition) is 2. The van der Waals surface area contributed by atoms with Gasteiger partial charge in [-0.05, 0) is 49.4 Å². The molecule has 0 spiro atoms. The Kier molecular flexibility index (Phi) is 7.65. The van der Waals surface area contributed by atoms with Crippen LogP contribution in [0.15, 0.2) is 72.8 Å². The van der Waals surface area contributed by atoms with E-state index >= 15 is 0 Å². The highest BCUT2D eigenvalue weighted by Gasteiger charge is 2.32. The fraction of sp³-hybridized carbons (Fsp3) is 0.172. The van der Waals surface area contributed by atoms with Crippen molar-refractivity contribution >= 4 is 35.0 Å². The quantitative estimate of drug-likeness (QED) is 0.236. The Morgan fingerprint density at radius 3 is 2.35 bits per heavy atom. The zero-order valence-corrected chi connectivity index (χ0v) is 20.4. The van der Waals surface area contributed by atoms with Crippen molar-refractivity contribution in [2.45, 2.75) is 13.3 Å². The molecular formula is C29H26N4O4. The molecule has 3 aromatic carbocycles. The predicted octanol–water partition coefficient (Wildman–Crippen LogP) is 3.44. The zero-order valence-electron chi connectivity index (χ0n) is 20.4. The van der Waals surface area contributed by atoms with E-state index in [1.54, 1.807) is 61.5 Å². The van der Waals surface area contributed by atoms with Crippen molar-refractivity contribution in [3.05, 3.63) is 95.1 Å². The van der Waals surface area contributed by atoms with Crippen molar-refractivity contribution in [2.24, 2.45) is 5.73 Å². The summed E-state index contributed by atoms with van der Waals surface area (Å²) in [5, 5.41) is 7.50. The Balaban J connectivity index is 1.71. The molecule has 2 amide bonds. The van der Waals surface area contributed by atoms with Gasteiger partial charge >= 0.3 is 5.97 Å². The summed E-state index contributed by atoms with van der Waals surface area (Å²) in [5.74, 6) is 5.02. The maximum Gasteiger partial charge on any atom is 0.307 e. The molecule has 0 aromatic heterocycles. The number of rotatable bonds is 6. The van der Waals surface area contributed by atoms with Gasteiger partial charge in [0.2, 0.25) is 0 Å². The molecule has 8 heteroatoms. The number of nitrogens with zero attached hydrogens (tertiary/aromatic N) is 2. The van der Waals surface area contributed by atoms with Gasteiger partial charge in [-0.2, -0.15) is 0 Å². The van der Waals surface area contributed by atoms with Crippen molar-refractivity contribution in [1.82, 2.24) is 4.90 Å². The lowest BCUT2D eigenvalue weighted by atomic mass is 10.1. The second-order valence-electron chi connectivity index (χ2n) is 8.32. The second kappa shape index (κ2) is 11.2. The van der Waals surface area contributed by atoms with E-state index in [9.17, 15) is 14.4 Å². The minimum absolute atomic E-state index is 0.0106. The summed E-state index contributed by atoms with van der Waals surface area (Å²) in [6, 6.07) is 21.2. The lowest BCUT2D eigenvalue weighted by Gasteiger charge is -2.23. The number of para-hydroxylation sites is 1. The van der Waals surface area contributed by atoms with Crippen LogP contribution in [0.1, 0.15) is 40.4 Å². The highest BCUT2D eigenvalue weighted by Crippen LogP contribution is 2.33. The Bertz CT molecular complexity index is 1410. The van der Waals surface area contributed by atoms with Crippen LogP contribution in [-0.2, 0) is 14.3 Å². The van der Waals surface area contributed by atoms with Crippen LogP contribution in [0.2, 0.25) is 0 Å². The third-order valence-corrected chi connectivity index (χ3v) is 5.78. The number of amides is 2. The number of carbonyl (C=O) groups is 3. The van der Waals surface area contributed by atoms with Crippen molar-refractivity contribution in [3.8, 4) is 11.8 Å². The van der Waals surface area contributed by atoms with E-state index in [4.69, 9.17) is 15.9 Å². The molecule has 0 radical (unpaired) electrons. The van der Waals surface area contributed by atoms with Crippen LogP contribution in [0.25, 0.3) is 0 Å². The molecule has 8 nitrogen and oxygen atoms in total. The lowest BCUT2D eigenvalue weighted by molar-refractivity contribution is -0.143. The van der Waals surface area contributed by atoms with E-state index in [2.05, 4.69) is 11.8 Å². The zero-order chi connectivity index (χ0) is 26.4. The molecule has 1 heterocycles. The van der Waals surface area contributed by atoms with Crippen LogP contribution in [-0.4, -0.2) is 48.2 Å². The number of fused-ring (bicyclic) bond motifs is 1. The van der Waals surface area contributed by atoms with Gasteiger partial charge in [-0.1, -0.05) is 42.2 Å². The summed E-state index contributed by atoms with van der Waals surface area (Å²) >= 11 is 0. The summed E-state index contributed by atoms with van der Waals surface area (Å²) in [6.45, 7) is 1.85. The van der Waals surface area contributed by atoms with Crippen LogP contribution in [0.5, 0.6) is 0 Å². The molecule has 3 aromatic rings. The largest absolute Gasteiger partial charge is 0.466 e. The van der Waals surface area contributed by atoms with Crippen molar-refractivity contribution in [3.63, 3.8) is 0 Å². The third-order valence-electron chi connectivity index (χ3n) is 5.78. The fourth-order valence-electron chi connectivity index (χ4n) is 3.97. The SMILES string of the molecule is CCOC(=O)CCN1CC(=O)N(c2ccccc2)c2ccc(C#Cc3ccc(C(=N)N)cc3)cc2C1=O. The van der Waals surface area contributed by atoms with Gasteiger partial charge in [0, 0.05) is 28.9 Å². The second-order valence-corrected chi connectivity index (χ2v) is 8.32. The maximum absolute atomic E-state index is 13.6. The van der Waals surface area contributed by atoms with Crippen LogP contribution < -0.4 is 10.6 Å². The number of amidine groups is 1. The highest BCUT2D eigenvalue weighted by molar-refractivity contribution is 6.13. The standard InChI is InChI=1S/C29H26N4O4/c1-2-37-27(35)16-17-32-19-26(34)33(23-6-4-3-5-7-23)25-15-12-21(18-24(25)29(32)36)9-8-20-10-13-22(14-11-20)28(30)31/h3-7,10-15,18H,2,16-17,19H2,1H3,(H3,30,31). The van der Waals surface area contributed by atoms with E-state index in [0.717, 1.165) is 5.56 Å². The van der Waals surface area contributed by atoms with E-state index in [1.807, 2.05) is 18.2 Å². The van der Waals surface area contributed by atoms with E-state index < -0.39 is 5.97 Å². The number of ether oxygens (including phenoxy) is 1. The van der Waals surface area contributed by atoms with Gasteiger partial charge in [0.1, 0.15) is 12.4 Å². The maximum atomic E-state index is 13.6. The topological polar surface area (TPSA) is 117 Å². The molecule has 0 aliphatic carbocycles. The number of benzene rings is 3. The average molecular weight is 495 g/mol. The van der Waals surface area contributed by atoms with Crippen LogP contribution in [0, 0.1) is 17.3 Å². The van der Waals surface area contributed by atoms with Gasteiger partial charge in [-0.3, -0.25) is 24.7 Å². The number of hydrogen-bond acceptors (Lipinski definition) is 5. The molecule has 4 rings (SSSR count). The minimum atomic E-state index is -0.428. The fourth-order valence-corrected chi connectivity index (χ4v) is 3.97. The van der Waals surface area contributed by atoms with Crippen molar-refractivity contribution in [1.29, 1.82) is 5.41 Å². The Hall–Kier alpha value is -4.90. The monoisotopic (exact) mass is 494 g/mol. The minimum Gasteiger partial charge on any atom is -0.466 e. The molecule has 37 heavy (non-hydrogen) atoms. The van der Waals surface area contributed by atoms with Crippen LogP contribution in [0.4, 0.5) is 11.4 Å². The van der Waals surface area contributed by atoms with Gasteiger partial charge in [0.15, 0.2) is 0 Å². The summed E-state index contributed by atoms with van der Waals surface area (Å²) in [5.41, 5.74) is 8.84. The summed E-state index contributed by atoms with van der Waals surface area (Å²) in [7, 11) is 0. The van der Waals surface area contributed by atoms with Crippen LogP contribution >= 0.6 is 0 Å². The summed E-state index contributed by atoms with van der Waals surface area (Å²) in [4.78, 5) is 41.7. The van der Waals surface area contributed by atoms with Gasteiger partial charge in [-0.15, -0.1) is 0 Å². The Labute approximate surface area is 215 Å². The van der Waals surface area contributed by atoms with E-state index in [-0.39, 0.29) is 43.8 Å². The van der Waals surface area contributed by atoms with Gasteiger partial charge in [0.25, 0.3) is 11.8 Å². The molecule has 1 aliphatic heterocycles. The molecule has 0 saturated carbocycles. The van der Waals surface area contributed by atoms with Crippen molar-refractivity contribution in [2.75, 3.05) is 24.6 Å². The first-order valence-electron chi connectivity index (χ1n) is 11.8. The van der Waals surface area contributed by atoms with Crippen molar-refractivity contribution < 1.29 is 19.1 Å². The normalized spacial score (nSPS) is 12.8. The highest BCUT2D eigenvalue weighted by atomic mass is 16.5. The molecule has 0 bridgehead atoms. The third kappa shape index (κ3) is 5.85. The van der Waals surface area contributed by atoms with Crippen LogP contribution in [0.3, 0.4) is 0 Å². The molecule has 0 fully saturated rings. The van der Waals surface area contributed by atoms with Gasteiger partial charge in [-0.25, -0.2) is 0 Å². The first-order valence-corrected chi connectivity index (χ1v) is 11.8. The number of anilines is 2. The average Bonchev–Trinajstić information content (AvgIpc) is 3.00. The number of esters is 1. The molecule has 0 atom stereocenters. The van der Waals surface area contributed by atoms with Gasteiger partial charge < -0.3 is 15.4 Å². The van der Waals surface area contributed by atoms with E-state index in [1.165, 1.54) is 9.80 Å². The molecule has 1 aliphatic rings. The Morgan fingerprint density at radius 1 is 1.00 bits per heavy atom. The number of nitrogens with two attached hydrogens (primary N) is 1. The first-order chi connectivity index (χ1) is 17.9. The summed E-state index contributed by atoms with van der Waals surface area (Å²) in [6.07, 6.45) is -0.0106. The molecule has 3 N–H and O–H groups in total. The molecule has 0 saturated heterocycles. The van der Waals surface area contributed by atoms with Gasteiger partial charge in [0.05, 0.1) is 24.3 Å².